The topological polar surface area (TPSA) is 55.6 Å². The molecule has 3 rings (SSSR count). The molecule has 1 aliphatic heterocycles. The zero-order valence-corrected chi connectivity index (χ0v) is 10.6. The quantitative estimate of drug-likeness (QED) is 0.836. The first-order valence-corrected chi connectivity index (χ1v) is 6.05. The van der Waals surface area contributed by atoms with E-state index < -0.39 is 5.97 Å². The van der Waals surface area contributed by atoms with Gasteiger partial charge in [-0.25, -0.2) is 9.78 Å². The molecule has 94 valence electrons. The number of carbonyl (C=O) groups is 1. The van der Waals surface area contributed by atoms with Gasteiger partial charge in [0.1, 0.15) is 5.82 Å². The van der Waals surface area contributed by atoms with Crippen molar-refractivity contribution < 1.29 is 9.53 Å². The van der Waals surface area contributed by atoms with Crippen molar-refractivity contribution in [3.8, 4) is 0 Å². The number of nitrogens with one attached hydrogen (secondary N) is 1. The number of aromatic nitrogens is 2. The van der Waals surface area contributed by atoms with Gasteiger partial charge < -0.3 is 14.5 Å². The SMILES string of the molecule is COC(=O)c1nc(C2CNC2)n2cccc(Cl)c12. The molecule has 1 N–H and O–H groups in total. The summed E-state index contributed by atoms with van der Waals surface area (Å²) in [5, 5.41) is 3.69. The number of methoxy groups -OCH3 is 1. The first kappa shape index (κ1) is 11.5. The van der Waals surface area contributed by atoms with E-state index in [1.165, 1.54) is 7.11 Å². The molecule has 1 aliphatic rings. The maximum Gasteiger partial charge on any atom is 0.358 e. The first-order valence-electron chi connectivity index (χ1n) is 5.68. The van der Waals surface area contributed by atoms with E-state index in [-0.39, 0.29) is 5.69 Å². The number of halogens is 1. The van der Waals surface area contributed by atoms with Gasteiger partial charge in [0.2, 0.25) is 0 Å². The second-order valence-corrected chi connectivity index (χ2v) is 4.65. The molecule has 0 aliphatic carbocycles. The molecule has 2 aromatic rings. The molecule has 0 amide bonds. The van der Waals surface area contributed by atoms with Crippen LogP contribution in [0, 0.1) is 0 Å². The number of nitrogens with zero attached hydrogens (tertiary/aromatic N) is 2. The van der Waals surface area contributed by atoms with Gasteiger partial charge in [-0.2, -0.15) is 0 Å². The molecule has 0 radical (unpaired) electrons. The lowest BCUT2D eigenvalue weighted by atomic mass is 10.0. The molecular formula is C12H12ClN3O2. The van der Waals surface area contributed by atoms with Crippen LogP contribution in [0.3, 0.4) is 0 Å². The highest BCUT2D eigenvalue weighted by Gasteiger charge is 2.28. The van der Waals surface area contributed by atoms with Crippen LogP contribution in [-0.4, -0.2) is 35.6 Å². The molecule has 0 aromatic carbocycles. The van der Waals surface area contributed by atoms with Crippen LogP contribution < -0.4 is 5.32 Å². The van der Waals surface area contributed by atoms with E-state index in [2.05, 4.69) is 10.3 Å². The van der Waals surface area contributed by atoms with E-state index in [9.17, 15) is 4.79 Å². The largest absolute Gasteiger partial charge is 0.464 e. The molecule has 0 bridgehead atoms. The van der Waals surface area contributed by atoms with Crippen molar-refractivity contribution in [1.29, 1.82) is 0 Å². The zero-order chi connectivity index (χ0) is 12.7. The fourth-order valence-electron chi connectivity index (χ4n) is 2.12. The van der Waals surface area contributed by atoms with Crippen LogP contribution in [0.5, 0.6) is 0 Å². The summed E-state index contributed by atoms with van der Waals surface area (Å²) >= 11 is 6.16. The van der Waals surface area contributed by atoms with Crippen LogP contribution >= 0.6 is 11.6 Å². The van der Waals surface area contributed by atoms with E-state index in [1.54, 1.807) is 6.07 Å². The van der Waals surface area contributed by atoms with Gasteiger partial charge in [0.15, 0.2) is 5.69 Å². The summed E-state index contributed by atoms with van der Waals surface area (Å²) in [7, 11) is 1.34. The Kier molecular flexibility index (Phi) is 2.72. The Balaban J connectivity index is 2.25. The minimum atomic E-state index is -0.459. The fraction of sp³-hybridized carbons (Fsp3) is 0.333. The smallest absolute Gasteiger partial charge is 0.358 e. The van der Waals surface area contributed by atoms with Crippen molar-refractivity contribution in [3.05, 3.63) is 34.9 Å². The number of hydrogen-bond donors (Lipinski definition) is 1. The monoisotopic (exact) mass is 265 g/mol. The summed E-state index contributed by atoms with van der Waals surface area (Å²) in [5.41, 5.74) is 0.901. The van der Waals surface area contributed by atoms with Crippen LogP contribution in [0.4, 0.5) is 0 Å². The number of esters is 1. The van der Waals surface area contributed by atoms with Gasteiger partial charge in [-0.3, -0.25) is 0 Å². The highest BCUT2D eigenvalue weighted by Crippen LogP contribution is 2.27. The van der Waals surface area contributed by atoms with Gasteiger partial charge in [-0.05, 0) is 12.1 Å². The Bertz CT molecular complexity index is 619. The van der Waals surface area contributed by atoms with Crippen molar-refractivity contribution in [3.63, 3.8) is 0 Å². The number of rotatable bonds is 2. The predicted molar refractivity (Wildman–Crippen MR) is 67.2 cm³/mol. The Morgan fingerprint density at radius 2 is 2.39 bits per heavy atom. The van der Waals surface area contributed by atoms with Crippen molar-refractivity contribution in [2.75, 3.05) is 20.2 Å². The third-order valence-electron chi connectivity index (χ3n) is 3.17. The summed E-state index contributed by atoms with van der Waals surface area (Å²) in [6.45, 7) is 1.73. The molecule has 3 heterocycles. The van der Waals surface area contributed by atoms with E-state index in [4.69, 9.17) is 16.3 Å². The molecule has 6 heteroatoms. The average molecular weight is 266 g/mol. The molecular weight excluding hydrogens is 254 g/mol. The Morgan fingerprint density at radius 3 is 3.00 bits per heavy atom. The van der Waals surface area contributed by atoms with E-state index in [0.29, 0.717) is 16.5 Å². The van der Waals surface area contributed by atoms with Gasteiger partial charge >= 0.3 is 5.97 Å². The number of imidazole rings is 1. The molecule has 0 unspecified atom stereocenters. The molecule has 0 spiro atoms. The Hall–Kier alpha value is -1.59. The van der Waals surface area contributed by atoms with Gasteiger partial charge in [0, 0.05) is 25.2 Å². The molecule has 5 nitrogen and oxygen atoms in total. The number of carbonyl (C=O) groups excluding carboxylic acids is 1. The number of hydrogen-bond acceptors (Lipinski definition) is 4. The molecule has 1 fully saturated rings. The lowest BCUT2D eigenvalue weighted by Crippen LogP contribution is -2.40. The second-order valence-electron chi connectivity index (χ2n) is 4.24. The first-order chi connectivity index (χ1) is 8.72. The summed E-state index contributed by atoms with van der Waals surface area (Å²) in [6, 6.07) is 3.58. The number of ether oxygens (including phenoxy) is 1. The van der Waals surface area contributed by atoms with E-state index in [1.807, 2.05) is 16.7 Å². The predicted octanol–water partition coefficient (Wildman–Crippen LogP) is 1.46. The summed E-state index contributed by atoms with van der Waals surface area (Å²) < 4.78 is 6.63. The molecule has 18 heavy (non-hydrogen) atoms. The summed E-state index contributed by atoms with van der Waals surface area (Å²) in [4.78, 5) is 16.2. The van der Waals surface area contributed by atoms with Gasteiger partial charge in [0.25, 0.3) is 0 Å². The molecule has 0 atom stereocenters. The van der Waals surface area contributed by atoms with Crippen molar-refractivity contribution >= 4 is 23.1 Å². The van der Waals surface area contributed by atoms with E-state index >= 15 is 0 Å². The highest BCUT2D eigenvalue weighted by atomic mass is 35.5. The zero-order valence-electron chi connectivity index (χ0n) is 9.81. The van der Waals surface area contributed by atoms with Crippen LogP contribution in [0.15, 0.2) is 18.3 Å². The van der Waals surface area contributed by atoms with Crippen LogP contribution in [0.2, 0.25) is 5.02 Å². The van der Waals surface area contributed by atoms with Crippen molar-refractivity contribution in [1.82, 2.24) is 14.7 Å². The number of fused-ring (bicyclic) bond motifs is 1. The minimum absolute atomic E-state index is 0.282. The lowest BCUT2D eigenvalue weighted by molar-refractivity contribution is 0.0596. The van der Waals surface area contributed by atoms with Crippen LogP contribution in [0.25, 0.3) is 5.52 Å². The third-order valence-corrected chi connectivity index (χ3v) is 3.47. The Labute approximate surface area is 109 Å². The second kappa shape index (κ2) is 4.26. The normalized spacial score (nSPS) is 15.7. The highest BCUT2D eigenvalue weighted by molar-refractivity contribution is 6.34. The van der Waals surface area contributed by atoms with Crippen molar-refractivity contribution in [2.24, 2.45) is 0 Å². The Morgan fingerprint density at radius 1 is 1.61 bits per heavy atom. The molecule has 0 saturated carbocycles. The van der Waals surface area contributed by atoms with Crippen molar-refractivity contribution in [2.45, 2.75) is 5.92 Å². The summed E-state index contributed by atoms with van der Waals surface area (Å²) in [5.74, 6) is 0.708. The lowest BCUT2D eigenvalue weighted by Gasteiger charge is -2.25. The maximum absolute atomic E-state index is 11.7. The van der Waals surface area contributed by atoms with Gasteiger partial charge in [-0.15, -0.1) is 0 Å². The molecule has 2 aromatic heterocycles. The van der Waals surface area contributed by atoms with Crippen LogP contribution in [-0.2, 0) is 4.74 Å². The van der Waals surface area contributed by atoms with Gasteiger partial charge in [0.05, 0.1) is 17.6 Å². The van der Waals surface area contributed by atoms with Crippen LogP contribution in [0.1, 0.15) is 22.2 Å². The minimum Gasteiger partial charge on any atom is -0.464 e. The molecule has 1 saturated heterocycles. The number of pyridine rings is 1. The van der Waals surface area contributed by atoms with E-state index in [0.717, 1.165) is 18.9 Å². The van der Waals surface area contributed by atoms with Gasteiger partial charge in [-0.1, -0.05) is 11.6 Å². The summed E-state index contributed by atoms with van der Waals surface area (Å²) in [6.07, 6.45) is 1.87. The standard InChI is InChI=1S/C12H12ClN3O2/c1-18-12(17)9-10-8(13)3-2-4-16(10)11(15-9)7-5-14-6-7/h2-4,7,14H,5-6H2,1H3. The maximum atomic E-state index is 11.7. The fourth-order valence-corrected chi connectivity index (χ4v) is 2.37. The average Bonchev–Trinajstić information content (AvgIpc) is 2.67. The third kappa shape index (κ3) is 1.59.